The van der Waals surface area contributed by atoms with Gasteiger partial charge in [-0.3, -0.25) is 4.90 Å². The van der Waals surface area contributed by atoms with Crippen LogP contribution >= 0.6 is 36.2 Å². The molecule has 6 heteroatoms. The van der Waals surface area contributed by atoms with Gasteiger partial charge < -0.3 is 5.32 Å². The molecule has 2 rings (SSSR count). The lowest BCUT2D eigenvalue weighted by Gasteiger charge is -2.35. The van der Waals surface area contributed by atoms with Crippen molar-refractivity contribution in [1.82, 2.24) is 15.2 Å². The minimum Gasteiger partial charge on any atom is -0.314 e. The molecule has 1 aliphatic heterocycles. The summed E-state index contributed by atoms with van der Waals surface area (Å²) in [6.45, 7) is 9.86. The first-order valence-corrected chi connectivity index (χ1v) is 6.70. The van der Waals surface area contributed by atoms with Crippen molar-refractivity contribution in [2.45, 2.75) is 38.8 Å². The number of hydrogen-bond acceptors (Lipinski definition) is 4. The fourth-order valence-electron chi connectivity index (χ4n) is 1.66. The van der Waals surface area contributed by atoms with Crippen LogP contribution in [-0.2, 0) is 12.0 Å². The van der Waals surface area contributed by atoms with Gasteiger partial charge in [0.05, 0.1) is 12.2 Å². The van der Waals surface area contributed by atoms with Crippen molar-refractivity contribution in [3.63, 3.8) is 0 Å². The number of hydrogen-bond donors (Lipinski definition) is 1. The van der Waals surface area contributed by atoms with Gasteiger partial charge >= 0.3 is 0 Å². The van der Waals surface area contributed by atoms with E-state index in [0.29, 0.717) is 6.04 Å². The summed E-state index contributed by atoms with van der Waals surface area (Å²) >= 11 is 1.78. The van der Waals surface area contributed by atoms with Crippen LogP contribution < -0.4 is 5.32 Å². The van der Waals surface area contributed by atoms with E-state index in [1.54, 1.807) is 11.3 Å². The highest BCUT2D eigenvalue weighted by atomic mass is 35.5. The second-order valence-corrected chi connectivity index (χ2v) is 6.55. The molecule has 1 aromatic heterocycles. The van der Waals surface area contributed by atoms with Crippen LogP contribution in [-0.4, -0.2) is 36.1 Å². The van der Waals surface area contributed by atoms with Crippen molar-refractivity contribution in [3.05, 3.63) is 16.1 Å². The summed E-state index contributed by atoms with van der Waals surface area (Å²) in [7, 11) is 2.18. The first-order chi connectivity index (χ1) is 7.47. The summed E-state index contributed by atoms with van der Waals surface area (Å²) in [5, 5.41) is 6.73. The largest absolute Gasteiger partial charge is 0.314 e. The molecule has 3 nitrogen and oxygen atoms in total. The van der Waals surface area contributed by atoms with Crippen LogP contribution in [0.3, 0.4) is 0 Å². The Morgan fingerprint density at radius 3 is 2.39 bits per heavy atom. The number of nitrogens with one attached hydrogen (secondary N) is 1. The maximum Gasteiger partial charge on any atom is 0.107 e. The minimum absolute atomic E-state index is 0. The molecule has 18 heavy (non-hydrogen) atoms. The van der Waals surface area contributed by atoms with E-state index in [0.717, 1.165) is 19.6 Å². The molecule has 1 saturated heterocycles. The Morgan fingerprint density at radius 1 is 1.39 bits per heavy atom. The smallest absolute Gasteiger partial charge is 0.107 e. The van der Waals surface area contributed by atoms with Crippen molar-refractivity contribution in [2.24, 2.45) is 0 Å². The van der Waals surface area contributed by atoms with Gasteiger partial charge in [0.2, 0.25) is 0 Å². The van der Waals surface area contributed by atoms with Crippen molar-refractivity contribution in [2.75, 3.05) is 20.1 Å². The summed E-state index contributed by atoms with van der Waals surface area (Å²) in [5.74, 6) is 0. The van der Waals surface area contributed by atoms with Crippen LogP contribution in [0.15, 0.2) is 5.38 Å². The van der Waals surface area contributed by atoms with Crippen LogP contribution in [0.2, 0.25) is 0 Å². The van der Waals surface area contributed by atoms with E-state index in [4.69, 9.17) is 4.98 Å². The van der Waals surface area contributed by atoms with E-state index in [1.807, 2.05) is 0 Å². The highest BCUT2D eigenvalue weighted by molar-refractivity contribution is 7.09. The average molecular weight is 312 g/mol. The Balaban J connectivity index is 0.00000144. The third-order valence-electron chi connectivity index (χ3n) is 3.09. The number of nitrogens with zero attached hydrogens (tertiary/aromatic N) is 2. The lowest BCUT2D eigenvalue weighted by atomic mass is 9.93. The van der Waals surface area contributed by atoms with E-state index < -0.39 is 0 Å². The maximum atomic E-state index is 4.72. The predicted molar refractivity (Wildman–Crippen MR) is 83.4 cm³/mol. The van der Waals surface area contributed by atoms with Crippen LogP contribution in [0.5, 0.6) is 0 Å². The Hall–Kier alpha value is 0.130. The molecule has 106 valence electrons. The molecule has 0 aromatic carbocycles. The normalized spacial score (nSPS) is 15.8. The van der Waals surface area contributed by atoms with Crippen molar-refractivity contribution in [3.8, 4) is 0 Å². The molecule has 0 aliphatic carbocycles. The summed E-state index contributed by atoms with van der Waals surface area (Å²) < 4.78 is 0. The molecule has 1 N–H and O–H groups in total. The van der Waals surface area contributed by atoms with Gasteiger partial charge in [0.15, 0.2) is 0 Å². The zero-order valence-electron chi connectivity index (χ0n) is 11.4. The maximum absolute atomic E-state index is 4.72. The second kappa shape index (κ2) is 7.06. The number of thiazole rings is 1. The zero-order valence-corrected chi connectivity index (χ0v) is 13.8. The van der Waals surface area contributed by atoms with Crippen LogP contribution in [0.25, 0.3) is 0 Å². The van der Waals surface area contributed by atoms with Gasteiger partial charge in [-0.1, -0.05) is 20.8 Å². The molecule has 1 aliphatic rings. The van der Waals surface area contributed by atoms with E-state index >= 15 is 0 Å². The molecule has 0 atom stereocenters. The summed E-state index contributed by atoms with van der Waals surface area (Å²) in [6.07, 6.45) is 0. The first-order valence-electron chi connectivity index (χ1n) is 5.82. The third-order valence-corrected chi connectivity index (χ3v) is 3.92. The fourth-order valence-corrected chi connectivity index (χ4v) is 2.74. The number of rotatable bonds is 3. The molecular weight excluding hydrogens is 289 g/mol. The molecule has 0 unspecified atom stereocenters. The Morgan fingerprint density at radius 2 is 2.00 bits per heavy atom. The molecule has 2 heterocycles. The monoisotopic (exact) mass is 311 g/mol. The summed E-state index contributed by atoms with van der Waals surface area (Å²) in [5.41, 5.74) is 1.39. The van der Waals surface area contributed by atoms with E-state index in [1.165, 1.54) is 10.7 Å². The minimum atomic E-state index is 0. The van der Waals surface area contributed by atoms with Crippen molar-refractivity contribution < 1.29 is 0 Å². The second-order valence-electron chi connectivity index (χ2n) is 5.60. The number of aromatic nitrogens is 1. The number of halogens is 2. The molecule has 0 radical (unpaired) electrons. The molecule has 0 spiro atoms. The lowest BCUT2D eigenvalue weighted by molar-refractivity contribution is 0.173. The summed E-state index contributed by atoms with van der Waals surface area (Å²) in [4.78, 5) is 7.11. The van der Waals surface area contributed by atoms with Gasteiger partial charge in [0.25, 0.3) is 0 Å². The molecule has 0 saturated carbocycles. The lowest BCUT2D eigenvalue weighted by Crippen LogP contribution is -2.55. The quantitative estimate of drug-likeness (QED) is 0.930. The van der Waals surface area contributed by atoms with E-state index in [-0.39, 0.29) is 30.2 Å². The van der Waals surface area contributed by atoms with Crippen molar-refractivity contribution >= 4 is 36.2 Å². The Bertz CT molecular complexity index is 358. The van der Waals surface area contributed by atoms with Crippen molar-refractivity contribution in [1.29, 1.82) is 0 Å². The molecular formula is C12H23Cl2N3S. The zero-order chi connectivity index (χ0) is 11.8. The van der Waals surface area contributed by atoms with E-state index in [9.17, 15) is 0 Å². The highest BCUT2D eigenvalue weighted by Gasteiger charge is 2.23. The van der Waals surface area contributed by atoms with Gasteiger partial charge in [0.1, 0.15) is 5.01 Å². The predicted octanol–water partition coefficient (Wildman–Crippen LogP) is 2.69. The van der Waals surface area contributed by atoms with Gasteiger partial charge in [-0.25, -0.2) is 4.98 Å². The van der Waals surface area contributed by atoms with Gasteiger partial charge in [-0.05, 0) is 7.05 Å². The van der Waals surface area contributed by atoms with Gasteiger partial charge in [0, 0.05) is 29.9 Å². The summed E-state index contributed by atoms with van der Waals surface area (Å²) in [6, 6.07) is 0.696. The average Bonchev–Trinajstić information content (AvgIpc) is 2.47. The first kappa shape index (κ1) is 18.1. The molecule has 1 fully saturated rings. The molecule has 1 aromatic rings. The standard InChI is InChI=1S/C12H21N3S.2ClH/c1-12(2,3)10-8-16-11(14-10)7-15(4)9-5-13-6-9;;/h8-9,13H,5-7H2,1-4H3;2*1H. The Labute approximate surface area is 126 Å². The van der Waals surface area contributed by atoms with Crippen LogP contribution in [0.4, 0.5) is 0 Å². The van der Waals surface area contributed by atoms with E-state index in [2.05, 4.69) is 43.4 Å². The topological polar surface area (TPSA) is 28.2 Å². The SMILES string of the molecule is CN(Cc1nc(C(C)(C)C)cs1)C1CNC1.Cl.Cl. The highest BCUT2D eigenvalue weighted by Crippen LogP contribution is 2.24. The van der Waals surface area contributed by atoms with Crippen LogP contribution in [0.1, 0.15) is 31.5 Å². The van der Waals surface area contributed by atoms with Gasteiger partial charge in [-0.15, -0.1) is 36.2 Å². The third kappa shape index (κ3) is 4.35. The van der Waals surface area contributed by atoms with Crippen LogP contribution in [0, 0.1) is 0 Å². The van der Waals surface area contributed by atoms with Gasteiger partial charge in [-0.2, -0.15) is 0 Å². The fraction of sp³-hybridized carbons (Fsp3) is 0.750. The Kier molecular flexibility index (Phi) is 7.11. The molecule has 0 bridgehead atoms. The molecule has 0 amide bonds. The number of likely N-dealkylation sites (N-methyl/N-ethyl adjacent to an activating group) is 1.